The van der Waals surface area contributed by atoms with Crippen LogP contribution in [-0.2, 0) is 4.79 Å². The molecule has 0 aliphatic carbocycles. The van der Waals surface area contributed by atoms with Crippen molar-refractivity contribution >= 4 is 28.3 Å². The lowest BCUT2D eigenvalue weighted by Gasteiger charge is -2.32. The fourth-order valence-corrected chi connectivity index (χ4v) is 5.40. The summed E-state index contributed by atoms with van der Waals surface area (Å²) in [5.41, 5.74) is 1.80. The average Bonchev–Trinajstić information content (AvgIpc) is 3.47. The van der Waals surface area contributed by atoms with Gasteiger partial charge >= 0.3 is 0 Å². The Morgan fingerprint density at radius 2 is 1.96 bits per heavy atom. The van der Waals surface area contributed by atoms with Gasteiger partial charge in [-0.05, 0) is 62.4 Å². The Labute approximate surface area is 169 Å². The molecular weight excluding hydrogens is 370 g/mol. The highest BCUT2D eigenvalue weighted by Gasteiger charge is 2.32. The van der Waals surface area contributed by atoms with Crippen LogP contribution < -0.4 is 0 Å². The van der Waals surface area contributed by atoms with E-state index in [1.807, 2.05) is 24.3 Å². The molecule has 6 heteroatoms. The van der Waals surface area contributed by atoms with E-state index in [9.17, 15) is 4.79 Å². The summed E-state index contributed by atoms with van der Waals surface area (Å²) in [6, 6.07) is 12.5. The molecule has 2 aliphatic heterocycles. The van der Waals surface area contributed by atoms with Crippen LogP contribution in [0.25, 0.3) is 11.1 Å². The van der Waals surface area contributed by atoms with Crippen molar-refractivity contribution in [3.05, 3.63) is 52.5 Å². The van der Waals surface area contributed by atoms with Gasteiger partial charge in [-0.2, -0.15) is 0 Å². The van der Waals surface area contributed by atoms with Gasteiger partial charge in [0.2, 0.25) is 5.91 Å². The van der Waals surface area contributed by atoms with Gasteiger partial charge in [0.25, 0.3) is 0 Å². The minimum Gasteiger partial charge on any atom is -0.440 e. The van der Waals surface area contributed by atoms with E-state index >= 15 is 0 Å². The molecule has 0 N–H and O–H groups in total. The van der Waals surface area contributed by atoms with Gasteiger partial charge in [0.15, 0.2) is 11.5 Å². The predicted molar refractivity (Wildman–Crippen MR) is 110 cm³/mol. The molecule has 1 atom stereocenters. The van der Waals surface area contributed by atoms with Crippen molar-refractivity contribution in [2.75, 3.05) is 26.2 Å². The van der Waals surface area contributed by atoms with Crippen LogP contribution in [0.4, 0.5) is 0 Å². The van der Waals surface area contributed by atoms with E-state index < -0.39 is 0 Å². The number of amides is 1. The molecule has 1 amide bonds. The minimum absolute atomic E-state index is 0.274. The first-order valence-corrected chi connectivity index (χ1v) is 11.1. The summed E-state index contributed by atoms with van der Waals surface area (Å²) in [5.74, 6) is 1.48. The summed E-state index contributed by atoms with van der Waals surface area (Å²) in [7, 11) is 0. The summed E-state index contributed by atoms with van der Waals surface area (Å²) in [6.45, 7) is 3.27. The number of likely N-dealkylation sites (tertiary alicyclic amines) is 2. The van der Waals surface area contributed by atoms with Crippen molar-refractivity contribution in [3.63, 3.8) is 0 Å². The number of hydrogen-bond donors (Lipinski definition) is 0. The fraction of sp³-hybridized carbons (Fsp3) is 0.455. The maximum atomic E-state index is 12.9. The van der Waals surface area contributed by atoms with Crippen molar-refractivity contribution in [1.29, 1.82) is 0 Å². The zero-order valence-corrected chi connectivity index (χ0v) is 16.7. The zero-order chi connectivity index (χ0) is 18.9. The van der Waals surface area contributed by atoms with Gasteiger partial charge in [0, 0.05) is 17.3 Å². The molecule has 146 valence electrons. The van der Waals surface area contributed by atoms with E-state index in [2.05, 4.69) is 32.3 Å². The number of piperidine rings is 1. The summed E-state index contributed by atoms with van der Waals surface area (Å²) >= 11 is 1.76. The second kappa shape index (κ2) is 7.68. The quantitative estimate of drug-likeness (QED) is 0.656. The Hall–Kier alpha value is -2.18. The van der Waals surface area contributed by atoms with Crippen LogP contribution in [0, 0.1) is 0 Å². The van der Waals surface area contributed by atoms with Gasteiger partial charge in [0.1, 0.15) is 5.52 Å². The summed E-state index contributed by atoms with van der Waals surface area (Å²) in [6.07, 6.45) is 4.18. The van der Waals surface area contributed by atoms with E-state index in [0.29, 0.717) is 12.5 Å². The van der Waals surface area contributed by atoms with E-state index in [1.54, 1.807) is 11.3 Å². The second-order valence-corrected chi connectivity index (χ2v) is 8.81. The first kappa shape index (κ1) is 17.9. The maximum absolute atomic E-state index is 12.9. The van der Waals surface area contributed by atoms with Crippen LogP contribution in [-0.4, -0.2) is 46.9 Å². The molecule has 0 bridgehead atoms. The number of fused-ring (bicyclic) bond motifs is 1. The fourth-order valence-electron chi connectivity index (χ4n) is 4.53. The molecule has 4 heterocycles. The topological polar surface area (TPSA) is 49.6 Å². The molecular formula is C22H25N3O2S. The molecule has 0 radical (unpaired) electrons. The number of carbonyl (C=O) groups is 1. The number of nitrogens with zero attached hydrogens (tertiary/aromatic N) is 3. The lowest BCUT2D eigenvalue weighted by Crippen LogP contribution is -2.42. The van der Waals surface area contributed by atoms with Crippen LogP contribution in [0.15, 0.2) is 46.2 Å². The molecule has 2 fully saturated rings. The van der Waals surface area contributed by atoms with Crippen LogP contribution in [0.3, 0.4) is 0 Å². The van der Waals surface area contributed by atoms with Gasteiger partial charge in [-0.3, -0.25) is 9.69 Å². The molecule has 0 spiro atoms. The highest BCUT2D eigenvalue weighted by molar-refractivity contribution is 7.10. The van der Waals surface area contributed by atoms with Crippen molar-refractivity contribution in [2.24, 2.45) is 0 Å². The van der Waals surface area contributed by atoms with Crippen LogP contribution in [0.5, 0.6) is 0 Å². The molecule has 0 saturated carbocycles. The van der Waals surface area contributed by atoms with Gasteiger partial charge < -0.3 is 9.32 Å². The molecule has 2 aliphatic rings. The third-order valence-electron chi connectivity index (χ3n) is 6.05. The van der Waals surface area contributed by atoms with Gasteiger partial charge in [-0.25, -0.2) is 4.98 Å². The Kier molecular flexibility index (Phi) is 4.91. The smallest absolute Gasteiger partial charge is 0.237 e. The predicted octanol–water partition coefficient (Wildman–Crippen LogP) is 4.43. The van der Waals surface area contributed by atoms with Crippen molar-refractivity contribution in [2.45, 2.75) is 37.6 Å². The SMILES string of the molecule is O=C(CN1CCC(c2nc3ccccc3o2)CC1)N1CCC[C@H]1c1cccs1. The normalized spacial score (nSPS) is 21.6. The second-order valence-electron chi connectivity index (χ2n) is 7.83. The summed E-state index contributed by atoms with van der Waals surface area (Å²) in [5, 5.41) is 2.10. The molecule has 2 saturated heterocycles. The number of para-hydroxylation sites is 2. The Bertz CT molecular complexity index is 911. The van der Waals surface area contributed by atoms with Crippen molar-refractivity contribution < 1.29 is 9.21 Å². The lowest BCUT2D eigenvalue weighted by molar-refractivity contribution is -0.133. The van der Waals surface area contributed by atoms with E-state index in [-0.39, 0.29) is 11.9 Å². The minimum atomic E-state index is 0.274. The summed E-state index contributed by atoms with van der Waals surface area (Å²) < 4.78 is 5.96. The zero-order valence-electron chi connectivity index (χ0n) is 15.9. The van der Waals surface area contributed by atoms with E-state index in [4.69, 9.17) is 4.42 Å². The first-order chi connectivity index (χ1) is 13.8. The third kappa shape index (κ3) is 3.47. The average molecular weight is 396 g/mol. The number of oxazole rings is 1. The Morgan fingerprint density at radius 1 is 1.11 bits per heavy atom. The number of aromatic nitrogens is 1. The molecule has 5 rings (SSSR count). The lowest BCUT2D eigenvalue weighted by atomic mass is 9.97. The maximum Gasteiger partial charge on any atom is 0.237 e. The van der Waals surface area contributed by atoms with Crippen molar-refractivity contribution in [3.8, 4) is 0 Å². The molecule has 0 unspecified atom stereocenters. The van der Waals surface area contributed by atoms with E-state index in [1.165, 1.54) is 4.88 Å². The molecule has 1 aromatic carbocycles. The number of hydrogen-bond acceptors (Lipinski definition) is 5. The highest BCUT2D eigenvalue weighted by Crippen LogP contribution is 2.35. The number of benzene rings is 1. The Morgan fingerprint density at radius 3 is 2.75 bits per heavy atom. The number of rotatable bonds is 4. The van der Waals surface area contributed by atoms with Gasteiger partial charge in [-0.1, -0.05) is 18.2 Å². The number of thiophene rings is 1. The van der Waals surface area contributed by atoms with Gasteiger partial charge in [0.05, 0.1) is 12.6 Å². The van der Waals surface area contributed by atoms with Crippen LogP contribution in [0.2, 0.25) is 0 Å². The largest absolute Gasteiger partial charge is 0.440 e. The number of carbonyl (C=O) groups excluding carboxylic acids is 1. The molecule has 3 aromatic rings. The van der Waals surface area contributed by atoms with Crippen LogP contribution in [0.1, 0.15) is 48.4 Å². The standard InChI is InChI=1S/C22H25N3O2S/c26-21(25-11-3-6-18(25)20-8-4-14-28-20)15-24-12-9-16(10-13-24)22-23-17-5-1-2-7-19(17)27-22/h1-2,4-5,7-8,14,16,18H,3,6,9-13,15H2/t18-/m0/s1. The molecule has 5 nitrogen and oxygen atoms in total. The Balaban J connectivity index is 1.18. The molecule has 28 heavy (non-hydrogen) atoms. The highest BCUT2D eigenvalue weighted by atomic mass is 32.1. The monoisotopic (exact) mass is 395 g/mol. The van der Waals surface area contributed by atoms with Crippen LogP contribution >= 0.6 is 11.3 Å². The van der Waals surface area contributed by atoms with E-state index in [0.717, 1.165) is 62.3 Å². The van der Waals surface area contributed by atoms with Crippen molar-refractivity contribution in [1.82, 2.24) is 14.8 Å². The third-order valence-corrected chi connectivity index (χ3v) is 7.02. The first-order valence-electron chi connectivity index (χ1n) is 10.2. The summed E-state index contributed by atoms with van der Waals surface area (Å²) in [4.78, 5) is 23.3. The molecule has 2 aromatic heterocycles. The van der Waals surface area contributed by atoms with Gasteiger partial charge in [-0.15, -0.1) is 11.3 Å².